The fraction of sp³-hybridized carbons (Fsp3) is 0.304. The summed E-state index contributed by atoms with van der Waals surface area (Å²) in [5, 5.41) is 0.717. The Bertz CT molecular complexity index is 984. The van der Waals surface area contributed by atoms with Crippen molar-refractivity contribution in [3.63, 3.8) is 0 Å². The van der Waals surface area contributed by atoms with E-state index in [0.29, 0.717) is 35.2 Å². The minimum Gasteiger partial charge on any atom is -0.496 e. The van der Waals surface area contributed by atoms with Gasteiger partial charge < -0.3 is 14.1 Å². The van der Waals surface area contributed by atoms with Crippen molar-refractivity contribution in [2.45, 2.75) is 25.2 Å². The Morgan fingerprint density at radius 2 is 2.03 bits per heavy atom. The van der Waals surface area contributed by atoms with Crippen LogP contribution in [0.3, 0.4) is 0 Å². The molecule has 2 heterocycles. The van der Waals surface area contributed by atoms with Gasteiger partial charge >= 0.3 is 0 Å². The SMILES string of the molecule is COc1ccccc1C(=O)N1CCCC(c2ncc(Cc3ccc(Cl)cc3)o2)C1. The first kappa shape index (κ1) is 19.5. The van der Waals surface area contributed by atoms with E-state index in [1.165, 1.54) is 0 Å². The number of ether oxygens (including phenoxy) is 1. The van der Waals surface area contributed by atoms with E-state index in [9.17, 15) is 4.79 Å². The fourth-order valence-corrected chi connectivity index (χ4v) is 3.88. The number of oxazole rings is 1. The van der Waals surface area contributed by atoms with Crippen molar-refractivity contribution in [1.29, 1.82) is 0 Å². The molecular formula is C23H23ClN2O3. The van der Waals surface area contributed by atoms with E-state index in [4.69, 9.17) is 20.8 Å². The average Bonchev–Trinajstić information content (AvgIpc) is 3.23. The maximum absolute atomic E-state index is 13.0. The second kappa shape index (κ2) is 8.70. The van der Waals surface area contributed by atoms with Gasteiger partial charge in [0, 0.05) is 24.5 Å². The minimum absolute atomic E-state index is 0.0138. The lowest BCUT2D eigenvalue weighted by molar-refractivity contribution is 0.0694. The van der Waals surface area contributed by atoms with Crippen molar-refractivity contribution in [2.75, 3.05) is 20.2 Å². The van der Waals surface area contributed by atoms with Gasteiger partial charge in [0.2, 0.25) is 0 Å². The molecule has 1 saturated heterocycles. The number of hydrogen-bond acceptors (Lipinski definition) is 4. The highest BCUT2D eigenvalue weighted by molar-refractivity contribution is 6.30. The van der Waals surface area contributed by atoms with E-state index in [1.54, 1.807) is 19.4 Å². The summed E-state index contributed by atoms with van der Waals surface area (Å²) in [7, 11) is 1.58. The number of benzene rings is 2. The second-order valence-electron chi connectivity index (χ2n) is 7.26. The highest BCUT2D eigenvalue weighted by Gasteiger charge is 2.29. The smallest absolute Gasteiger partial charge is 0.257 e. The molecule has 1 aromatic heterocycles. The van der Waals surface area contributed by atoms with Gasteiger partial charge in [0.25, 0.3) is 5.91 Å². The monoisotopic (exact) mass is 410 g/mol. The number of para-hydroxylation sites is 1. The van der Waals surface area contributed by atoms with Crippen molar-refractivity contribution in [3.05, 3.63) is 82.5 Å². The molecule has 1 amide bonds. The number of rotatable bonds is 5. The van der Waals surface area contributed by atoms with E-state index in [2.05, 4.69) is 4.98 Å². The maximum atomic E-state index is 13.0. The summed E-state index contributed by atoms with van der Waals surface area (Å²) in [4.78, 5) is 19.4. The van der Waals surface area contributed by atoms with Crippen molar-refractivity contribution in [3.8, 4) is 5.75 Å². The van der Waals surface area contributed by atoms with Gasteiger partial charge in [-0.3, -0.25) is 4.79 Å². The third kappa shape index (κ3) is 4.46. The van der Waals surface area contributed by atoms with Gasteiger partial charge in [-0.25, -0.2) is 4.98 Å². The van der Waals surface area contributed by atoms with Crippen LogP contribution in [-0.4, -0.2) is 36.0 Å². The normalized spacial score (nSPS) is 16.6. The zero-order valence-corrected chi connectivity index (χ0v) is 17.1. The lowest BCUT2D eigenvalue weighted by atomic mass is 9.97. The number of likely N-dealkylation sites (tertiary alicyclic amines) is 1. The first-order chi connectivity index (χ1) is 14.1. The van der Waals surface area contributed by atoms with Crippen molar-refractivity contribution >= 4 is 17.5 Å². The summed E-state index contributed by atoms with van der Waals surface area (Å²) < 4.78 is 11.4. The summed E-state index contributed by atoms with van der Waals surface area (Å²) in [6.07, 6.45) is 4.32. The molecule has 1 fully saturated rings. The molecular weight excluding hydrogens is 388 g/mol. The van der Waals surface area contributed by atoms with Crippen LogP contribution in [0.2, 0.25) is 5.02 Å². The largest absolute Gasteiger partial charge is 0.496 e. The van der Waals surface area contributed by atoms with Gasteiger partial charge in [0.1, 0.15) is 11.5 Å². The standard InChI is InChI=1S/C23H23ClN2O3/c1-28-21-7-3-2-6-20(21)23(27)26-12-4-5-17(15-26)22-25-14-19(29-22)13-16-8-10-18(24)11-9-16/h2-3,6-11,14,17H,4-5,12-13,15H2,1H3. The van der Waals surface area contributed by atoms with Gasteiger partial charge in [-0.1, -0.05) is 35.9 Å². The van der Waals surface area contributed by atoms with Gasteiger partial charge in [-0.15, -0.1) is 0 Å². The third-order valence-corrected chi connectivity index (χ3v) is 5.51. The van der Waals surface area contributed by atoms with Crippen LogP contribution < -0.4 is 4.74 Å². The Kier molecular flexibility index (Phi) is 5.86. The van der Waals surface area contributed by atoms with Gasteiger partial charge in [0.15, 0.2) is 5.89 Å². The van der Waals surface area contributed by atoms with Crippen LogP contribution in [0.15, 0.2) is 59.1 Å². The van der Waals surface area contributed by atoms with Crippen LogP contribution in [0.4, 0.5) is 0 Å². The number of carbonyl (C=O) groups excluding carboxylic acids is 1. The van der Waals surface area contributed by atoms with Crippen LogP contribution in [0.1, 0.15) is 46.3 Å². The zero-order chi connectivity index (χ0) is 20.2. The Hall–Kier alpha value is -2.79. The summed E-state index contributed by atoms with van der Waals surface area (Å²) in [6.45, 7) is 1.32. The van der Waals surface area contributed by atoms with E-state index in [0.717, 1.165) is 30.7 Å². The first-order valence-corrected chi connectivity index (χ1v) is 10.1. The van der Waals surface area contributed by atoms with Crippen LogP contribution in [-0.2, 0) is 6.42 Å². The Balaban J connectivity index is 1.45. The molecule has 1 aliphatic heterocycles. The van der Waals surface area contributed by atoms with Crippen LogP contribution in [0.25, 0.3) is 0 Å². The number of amides is 1. The van der Waals surface area contributed by atoms with Gasteiger partial charge in [-0.05, 0) is 42.7 Å². The number of carbonyl (C=O) groups is 1. The predicted molar refractivity (Wildman–Crippen MR) is 112 cm³/mol. The molecule has 1 aliphatic rings. The molecule has 6 heteroatoms. The molecule has 0 bridgehead atoms. The third-order valence-electron chi connectivity index (χ3n) is 5.26. The number of halogens is 1. The molecule has 29 heavy (non-hydrogen) atoms. The summed E-state index contributed by atoms with van der Waals surface area (Å²) >= 11 is 5.95. The molecule has 1 unspecified atom stereocenters. The van der Waals surface area contributed by atoms with Crippen LogP contribution in [0.5, 0.6) is 5.75 Å². The summed E-state index contributed by atoms with van der Waals surface area (Å²) in [6, 6.07) is 15.1. The summed E-state index contributed by atoms with van der Waals surface area (Å²) in [5.74, 6) is 2.20. The molecule has 0 saturated carbocycles. The summed E-state index contributed by atoms with van der Waals surface area (Å²) in [5.41, 5.74) is 1.71. The molecule has 0 N–H and O–H groups in total. The first-order valence-electron chi connectivity index (χ1n) is 9.75. The molecule has 0 radical (unpaired) electrons. The quantitative estimate of drug-likeness (QED) is 0.597. The maximum Gasteiger partial charge on any atom is 0.257 e. The minimum atomic E-state index is -0.0138. The van der Waals surface area contributed by atoms with Gasteiger partial charge in [0.05, 0.1) is 24.8 Å². The Morgan fingerprint density at radius 1 is 1.24 bits per heavy atom. The average molecular weight is 411 g/mol. The molecule has 5 nitrogen and oxygen atoms in total. The highest BCUT2D eigenvalue weighted by Crippen LogP contribution is 2.29. The Morgan fingerprint density at radius 3 is 2.83 bits per heavy atom. The topological polar surface area (TPSA) is 55.6 Å². The number of hydrogen-bond donors (Lipinski definition) is 0. The van der Waals surface area contributed by atoms with E-state index in [-0.39, 0.29) is 11.8 Å². The predicted octanol–water partition coefficient (Wildman–Crippen LogP) is 4.95. The van der Waals surface area contributed by atoms with E-state index >= 15 is 0 Å². The molecule has 2 aromatic carbocycles. The second-order valence-corrected chi connectivity index (χ2v) is 7.70. The molecule has 3 aromatic rings. The lowest BCUT2D eigenvalue weighted by Crippen LogP contribution is -2.39. The fourth-order valence-electron chi connectivity index (χ4n) is 3.75. The zero-order valence-electron chi connectivity index (χ0n) is 16.3. The number of methoxy groups -OCH3 is 1. The molecule has 0 spiro atoms. The van der Waals surface area contributed by atoms with Crippen molar-refractivity contribution < 1.29 is 13.9 Å². The van der Waals surface area contributed by atoms with Crippen LogP contribution in [0, 0.1) is 0 Å². The lowest BCUT2D eigenvalue weighted by Gasteiger charge is -2.31. The van der Waals surface area contributed by atoms with Crippen molar-refractivity contribution in [1.82, 2.24) is 9.88 Å². The number of piperidine rings is 1. The van der Waals surface area contributed by atoms with Crippen LogP contribution >= 0.6 is 11.6 Å². The number of aromatic nitrogens is 1. The number of nitrogens with zero attached hydrogens (tertiary/aromatic N) is 2. The molecule has 1 atom stereocenters. The molecule has 0 aliphatic carbocycles. The highest BCUT2D eigenvalue weighted by atomic mass is 35.5. The van der Waals surface area contributed by atoms with Crippen molar-refractivity contribution in [2.24, 2.45) is 0 Å². The molecule has 150 valence electrons. The van der Waals surface area contributed by atoms with Gasteiger partial charge in [-0.2, -0.15) is 0 Å². The van der Waals surface area contributed by atoms with E-state index < -0.39 is 0 Å². The Labute approximate surface area is 175 Å². The van der Waals surface area contributed by atoms with E-state index in [1.807, 2.05) is 47.4 Å². The molecule has 4 rings (SSSR count).